The van der Waals surface area contributed by atoms with Crippen LogP contribution in [0.4, 0.5) is 0 Å². The van der Waals surface area contributed by atoms with Gasteiger partial charge in [0.1, 0.15) is 6.10 Å². The maximum absolute atomic E-state index is 11.9. The third kappa shape index (κ3) is 1.06. The van der Waals surface area contributed by atoms with E-state index in [1.807, 2.05) is 0 Å². The summed E-state index contributed by atoms with van der Waals surface area (Å²) in [7, 11) is 0. The molecule has 3 bridgehead atoms. The molecule has 1 aliphatic heterocycles. The topological polar surface area (TPSA) is 26.3 Å². The summed E-state index contributed by atoms with van der Waals surface area (Å²) >= 11 is 0. The molecule has 0 aromatic heterocycles. The van der Waals surface area contributed by atoms with E-state index in [0.29, 0.717) is 11.8 Å². The molecular formula is C14H22O2. The second kappa shape index (κ2) is 2.83. The highest BCUT2D eigenvalue weighted by molar-refractivity contribution is 5.75. The molecule has 0 aromatic carbocycles. The van der Waals surface area contributed by atoms with Crippen LogP contribution in [-0.2, 0) is 9.53 Å². The fourth-order valence-corrected chi connectivity index (χ4v) is 4.44. The van der Waals surface area contributed by atoms with Crippen LogP contribution in [0.1, 0.15) is 47.0 Å². The highest BCUT2D eigenvalue weighted by atomic mass is 16.5. The van der Waals surface area contributed by atoms with Crippen molar-refractivity contribution in [2.75, 3.05) is 0 Å². The van der Waals surface area contributed by atoms with Crippen molar-refractivity contribution in [2.24, 2.45) is 28.6 Å². The van der Waals surface area contributed by atoms with Crippen molar-refractivity contribution in [1.29, 1.82) is 0 Å². The number of carbonyl (C=O) groups is 1. The van der Waals surface area contributed by atoms with Crippen molar-refractivity contribution in [3.05, 3.63) is 0 Å². The maximum atomic E-state index is 11.9. The Morgan fingerprint density at radius 1 is 1.25 bits per heavy atom. The van der Waals surface area contributed by atoms with Crippen molar-refractivity contribution in [3.8, 4) is 0 Å². The summed E-state index contributed by atoms with van der Waals surface area (Å²) in [6.07, 6.45) is 3.61. The lowest BCUT2D eigenvalue weighted by Crippen LogP contribution is -2.53. The van der Waals surface area contributed by atoms with Gasteiger partial charge in [-0.25, -0.2) is 0 Å². The molecule has 2 saturated carbocycles. The number of ether oxygens (including phenoxy) is 1. The standard InChI is InChI=1S/C14H22O2/c1-13(2,3)14(4)9-5-8-6-11(14)16-12(15)10(8)7-9/h8-11H,5-7H2,1-4H3. The molecule has 2 nitrogen and oxygen atoms in total. The number of carbonyl (C=O) groups excluding carboxylic acids is 1. The lowest BCUT2D eigenvalue weighted by molar-refractivity contribution is -0.185. The maximum Gasteiger partial charge on any atom is 0.309 e. The molecular weight excluding hydrogens is 200 g/mol. The molecule has 3 rings (SSSR count). The molecule has 1 heterocycles. The summed E-state index contributed by atoms with van der Waals surface area (Å²) in [5.74, 6) is 1.64. The molecule has 0 amide bonds. The van der Waals surface area contributed by atoms with Crippen LogP contribution in [0.2, 0.25) is 0 Å². The highest BCUT2D eigenvalue weighted by Crippen LogP contribution is 2.64. The summed E-state index contributed by atoms with van der Waals surface area (Å²) in [5.41, 5.74) is 0.386. The molecule has 16 heavy (non-hydrogen) atoms. The number of rotatable bonds is 0. The molecule has 90 valence electrons. The Morgan fingerprint density at radius 2 is 1.94 bits per heavy atom. The van der Waals surface area contributed by atoms with E-state index in [9.17, 15) is 4.79 Å². The van der Waals surface area contributed by atoms with Gasteiger partial charge in [0.15, 0.2) is 0 Å². The van der Waals surface area contributed by atoms with E-state index in [4.69, 9.17) is 4.74 Å². The summed E-state index contributed by atoms with van der Waals surface area (Å²) in [6, 6.07) is 0. The largest absolute Gasteiger partial charge is 0.462 e. The molecule has 0 aromatic rings. The van der Waals surface area contributed by atoms with Crippen LogP contribution < -0.4 is 0 Å². The van der Waals surface area contributed by atoms with Crippen molar-refractivity contribution < 1.29 is 9.53 Å². The monoisotopic (exact) mass is 222 g/mol. The third-order valence-electron chi connectivity index (χ3n) is 5.91. The fraction of sp³-hybridized carbons (Fsp3) is 0.929. The summed E-state index contributed by atoms with van der Waals surface area (Å²) < 4.78 is 5.71. The number of esters is 1. The van der Waals surface area contributed by atoms with Gasteiger partial charge in [-0.15, -0.1) is 0 Å². The first-order valence-corrected chi connectivity index (χ1v) is 6.54. The van der Waals surface area contributed by atoms with Gasteiger partial charge in [0, 0.05) is 5.41 Å². The van der Waals surface area contributed by atoms with Crippen LogP contribution in [0, 0.1) is 28.6 Å². The van der Waals surface area contributed by atoms with E-state index >= 15 is 0 Å². The zero-order valence-corrected chi connectivity index (χ0v) is 10.7. The van der Waals surface area contributed by atoms with E-state index in [0.717, 1.165) is 12.8 Å². The van der Waals surface area contributed by atoms with Crippen molar-refractivity contribution in [2.45, 2.75) is 53.1 Å². The zero-order chi connectivity index (χ0) is 11.7. The molecule has 2 aliphatic carbocycles. The fourth-order valence-electron chi connectivity index (χ4n) is 4.44. The van der Waals surface area contributed by atoms with Crippen molar-refractivity contribution in [3.63, 3.8) is 0 Å². The van der Waals surface area contributed by atoms with Crippen LogP contribution >= 0.6 is 0 Å². The molecule has 0 N–H and O–H groups in total. The first-order valence-electron chi connectivity index (χ1n) is 6.54. The minimum Gasteiger partial charge on any atom is -0.462 e. The van der Waals surface area contributed by atoms with E-state index in [2.05, 4.69) is 27.7 Å². The normalized spacial score (nSPS) is 50.6. The van der Waals surface area contributed by atoms with Crippen LogP contribution in [0.3, 0.4) is 0 Å². The Bertz CT molecular complexity index is 341. The molecule has 3 aliphatic rings. The highest BCUT2D eigenvalue weighted by Gasteiger charge is 2.63. The van der Waals surface area contributed by atoms with Crippen LogP contribution in [-0.4, -0.2) is 12.1 Å². The van der Waals surface area contributed by atoms with Gasteiger partial charge in [-0.1, -0.05) is 27.7 Å². The average Bonchev–Trinajstić information content (AvgIpc) is 2.50. The predicted octanol–water partition coefficient (Wildman–Crippen LogP) is 3.01. The summed E-state index contributed by atoms with van der Waals surface area (Å²) in [6.45, 7) is 9.24. The van der Waals surface area contributed by atoms with Gasteiger partial charge in [-0.2, -0.15) is 0 Å². The van der Waals surface area contributed by atoms with Gasteiger partial charge in [0.2, 0.25) is 0 Å². The molecule has 5 atom stereocenters. The quantitative estimate of drug-likeness (QED) is 0.589. The third-order valence-corrected chi connectivity index (χ3v) is 5.91. The lowest BCUT2D eigenvalue weighted by Gasteiger charge is -2.54. The summed E-state index contributed by atoms with van der Waals surface area (Å²) in [5, 5.41) is 0. The van der Waals surface area contributed by atoms with Gasteiger partial charge in [0.25, 0.3) is 0 Å². The molecule has 0 spiro atoms. The SMILES string of the molecule is CC(C)(C)C1(C)C2CC3CC1OC(=O)C3C2. The molecule has 1 saturated heterocycles. The van der Waals surface area contributed by atoms with Crippen LogP contribution in [0.25, 0.3) is 0 Å². The van der Waals surface area contributed by atoms with Crippen LogP contribution in [0.5, 0.6) is 0 Å². The number of hydrogen-bond donors (Lipinski definition) is 0. The second-order valence-corrected chi connectivity index (χ2v) is 7.23. The minimum absolute atomic E-state index is 0.0942. The van der Waals surface area contributed by atoms with Gasteiger partial charge in [-0.3, -0.25) is 4.79 Å². The predicted molar refractivity (Wildman–Crippen MR) is 61.8 cm³/mol. The molecule has 2 heteroatoms. The van der Waals surface area contributed by atoms with E-state index in [1.54, 1.807) is 0 Å². The smallest absolute Gasteiger partial charge is 0.309 e. The van der Waals surface area contributed by atoms with Crippen LogP contribution in [0.15, 0.2) is 0 Å². The van der Waals surface area contributed by atoms with Gasteiger partial charge < -0.3 is 4.74 Å². The van der Waals surface area contributed by atoms with Gasteiger partial charge in [0.05, 0.1) is 5.92 Å². The Labute approximate surface area is 97.7 Å². The Morgan fingerprint density at radius 3 is 2.56 bits per heavy atom. The number of hydrogen-bond acceptors (Lipinski definition) is 2. The zero-order valence-electron chi connectivity index (χ0n) is 10.7. The van der Waals surface area contributed by atoms with E-state index in [1.165, 1.54) is 6.42 Å². The first-order chi connectivity index (χ1) is 7.34. The molecule has 0 radical (unpaired) electrons. The van der Waals surface area contributed by atoms with Gasteiger partial charge in [-0.05, 0) is 36.5 Å². The van der Waals surface area contributed by atoms with Crippen molar-refractivity contribution >= 4 is 5.97 Å². The first kappa shape index (κ1) is 10.6. The minimum atomic E-state index is 0.0942. The van der Waals surface area contributed by atoms with Gasteiger partial charge >= 0.3 is 5.97 Å². The van der Waals surface area contributed by atoms with E-state index in [-0.39, 0.29) is 28.8 Å². The Hall–Kier alpha value is -0.530. The second-order valence-electron chi connectivity index (χ2n) is 7.23. The van der Waals surface area contributed by atoms with E-state index < -0.39 is 0 Å². The Kier molecular flexibility index (Phi) is 1.88. The average molecular weight is 222 g/mol. The van der Waals surface area contributed by atoms with Crippen molar-refractivity contribution in [1.82, 2.24) is 0 Å². The molecule has 5 unspecified atom stereocenters. The summed E-state index contributed by atoms with van der Waals surface area (Å²) in [4.78, 5) is 11.9. The molecule has 3 fully saturated rings. The Balaban J connectivity index is 2.06. The lowest BCUT2D eigenvalue weighted by atomic mass is 9.54. The number of fused-ring (bicyclic) bond motifs is 2.